The van der Waals surface area contributed by atoms with Crippen LogP contribution in [0.15, 0.2) is 48.5 Å². The van der Waals surface area contributed by atoms with Crippen molar-refractivity contribution in [3.05, 3.63) is 70.5 Å². The third-order valence-corrected chi connectivity index (χ3v) is 7.79. The Morgan fingerprint density at radius 3 is 2.46 bits per heavy atom. The van der Waals surface area contributed by atoms with Crippen molar-refractivity contribution in [2.75, 3.05) is 20.1 Å². The molecule has 1 saturated carbocycles. The number of carbonyl (C=O) groups is 2. The van der Waals surface area contributed by atoms with Gasteiger partial charge in [-0.3, -0.25) is 9.59 Å². The number of aromatic nitrogens is 3. The second kappa shape index (κ2) is 11.8. The maximum atomic E-state index is 13.4. The Morgan fingerprint density at radius 2 is 1.78 bits per heavy atom. The Kier molecular flexibility index (Phi) is 9.23. The lowest BCUT2D eigenvalue weighted by atomic mass is 9.68. The summed E-state index contributed by atoms with van der Waals surface area (Å²) in [6.45, 7) is 1.77. The number of nitrogens with two attached hydrogens (primary N) is 1. The van der Waals surface area contributed by atoms with Gasteiger partial charge in [0.1, 0.15) is 0 Å². The van der Waals surface area contributed by atoms with Gasteiger partial charge in [-0.15, -0.1) is 35.0 Å². The monoisotopic (exact) mass is 564 g/mol. The second-order valence-corrected chi connectivity index (χ2v) is 9.82. The number of carbonyl (C=O) groups excluding carboxylic acids is 2. The highest BCUT2D eigenvalue weighted by Crippen LogP contribution is 2.41. The number of benzene rings is 2. The number of amides is 2. The molecule has 1 aliphatic heterocycles. The van der Waals surface area contributed by atoms with Gasteiger partial charge < -0.3 is 20.5 Å². The first-order chi connectivity index (χ1) is 17.0. The van der Waals surface area contributed by atoms with Gasteiger partial charge in [-0.05, 0) is 55.5 Å². The minimum absolute atomic E-state index is 0. The number of halogens is 3. The van der Waals surface area contributed by atoms with E-state index in [-0.39, 0.29) is 48.1 Å². The number of nitrogens with one attached hydrogen (secondary N) is 1. The van der Waals surface area contributed by atoms with Crippen LogP contribution < -0.4 is 11.1 Å². The van der Waals surface area contributed by atoms with Crippen LogP contribution in [-0.2, 0) is 12.0 Å². The molecule has 2 aliphatic rings. The largest absolute Gasteiger partial charge is 0.355 e. The second-order valence-electron chi connectivity index (χ2n) is 9.38. The lowest BCUT2D eigenvalue weighted by Gasteiger charge is -2.44. The Hall–Kier alpha value is -2.65. The number of fused-ring (bicyclic) bond motifs is 1. The van der Waals surface area contributed by atoms with Gasteiger partial charge in [0.2, 0.25) is 5.82 Å². The van der Waals surface area contributed by atoms with Crippen LogP contribution in [0.5, 0.6) is 0 Å². The van der Waals surface area contributed by atoms with E-state index in [9.17, 15) is 9.59 Å². The van der Waals surface area contributed by atoms with Gasteiger partial charge >= 0.3 is 0 Å². The van der Waals surface area contributed by atoms with Crippen molar-refractivity contribution in [2.45, 2.75) is 43.7 Å². The Labute approximate surface area is 233 Å². The molecule has 5 rings (SSSR count). The molecule has 198 valence electrons. The van der Waals surface area contributed by atoms with Crippen LogP contribution in [0.1, 0.15) is 52.2 Å². The lowest BCUT2D eigenvalue weighted by Crippen LogP contribution is -2.50. The maximum absolute atomic E-state index is 13.4. The van der Waals surface area contributed by atoms with E-state index < -0.39 is 0 Å². The SMILES string of the molecule is CNC(=O)c1cccc(-c2nnc3n2CCN([C@H]2CC[C@@](CN)(c4cccc(Cl)c4)CC2)C3=O)c1.Cl.Cl. The Balaban J connectivity index is 0.00000190. The molecule has 37 heavy (non-hydrogen) atoms. The average molecular weight is 566 g/mol. The molecule has 3 N–H and O–H groups in total. The van der Waals surface area contributed by atoms with Gasteiger partial charge in [0.05, 0.1) is 0 Å². The molecule has 1 fully saturated rings. The molecular formula is C26H31Cl3N6O2. The summed E-state index contributed by atoms with van der Waals surface area (Å²) in [7, 11) is 1.60. The fraction of sp³-hybridized carbons (Fsp3) is 0.385. The molecule has 2 amide bonds. The third kappa shape index (κ3) is 5.34. The van der Waals surface area contributed by atoms with Crippen LogP contribution in [0.25, 0.3) is 11.4 Å². The maximum Gasteiger partial charge on any atom is 0.292 e. The van der Waals surface area contributed by atoms with Gasteiger partial charge in [0, 0.05) is 54.3 Å². The first-order valence-corrected chi connectivity index (χ1v) is 12.4. The van der Waals surface area contributed by atoms with Crippen molar-refractivity contribution in [1.82, 2.24) is 25.0 Å². The first-order valence-electron chi connectivity index (χ1n) is 12.0. The minimum atomic E-state index is -0.170. The summed E-state index contributed by atoms with van der Waals surface area (Å²) in [6.07, 6.45) is 3.57. The molecule has 0 spiro atoms. The van der Waals surface area contributed by atoms with Crippen molar-refractivity contribution < 1.29 is 9.59 Å². The number of hydrogen-bond donors (Lipinski definition) is 2. The van der Waals surface area contributed by atoms with Crippen molar-refractivity contribution >= 4 is 48.2 Å². The molecule has 2 heterocycles. The zero-order chi connectivity index (χ0) is 24.6. The number of hydrogen-bond acceptors (Lipinski definition) is 5. The zero-order valence-electron chi connectivity index (χ0n) is 20.5. The average Bonchev–Trinajstić information content (AvgIpc) is 3.34. The molecule has 0 saturated heterocycles. The van der Waals surface area contributed by atoms with E-state index in [4.69, 9.17) is 17.3 Å². The van der Waals surface area contributed by atoms with E-state index in [1.165, 1.54) is 5.56 Å². The quantitative estimate of drug-likeness (QED) is 0.485. The highest BCUT2D eigenvalue weighted by molar-refractivity contribution is 6.30. The van der Waals surface area contributed by atoms with Crippen LogP contribution in [0, 0.1) is 0 Å². The van der Waals surface area contributed by atoms with Gasteiger partial charge in [-0.25, -0.2) is 0 Å². The topological polar surface area (TPSA) is 106 Å². The van der Waals surface area contributed by atoms with Crippen molar-refractivity contribution in [1.29, 1.82) is 0 Å². The van der Waals surface area contributed by atoms with Crippen molar-refractivity contribution in [3.8, 4) is 11.4 Å². The molecule has 3 aromatic rings. The molecule has 0 atom stereocenters. The zero-order valence-corrected chi connectivity index (χ0v) is 22.9. The fourth-order valence-corrected chi connectivity index (χ4v) is 5.70. The molecule has 8 nitrogen and oxygen atoms in total. The van der Waals surface area contributed by atoms with Crippen LogP contribution >= 0.6 is 36.4 Å². The molecule has 0 bridgehead atoms. The lowest BCUT2D eigenvalue weighted by molar-refractivity contribution is 0.0523. The molecule has 1 aromatic heterocycles. The molecule has 0 unspecified atom stereocenters. The smallest absolute Gasteiger partial charge is 0.292 e. The molecular weight excluding hydrogens is 535 g/mol. The summed E-state index contributed by atoms with van der Waals surface area (Å²) in [4.78, 5) is 27.4. The standard InChI is InChI=1S/C26H29ClN6O2.2ClH/c1-29-24(34)18-5-2-4-17(14-18)22-30-31-23-25(35)32(12-13-33(22)23)21-8-10-26(16-28,11-9-21)19-6-3-7-20(27)15-19;;/h2-7,14-15,21H,8-13,16,28H2,1H3,(H,29,34);2*1H/t21-,26+;;. The first kappa shape index (κ1) is 28.9. The summed E-state index contributed by atoms with van der Waals surface area (Å²) in [5.74, 6) is 0.689. The summed E-state index contributed by atoms with van der Waals surface area (Å²) in [6, 6.07) is 15.3. The molecule has 1 aliphatic carbocycles. The molecule has 11 heteroatoms. The highest BCUT2D eigenvalue weighted by Gasteiger charge is 2.40. The van der Waals surface area contributed by atoms with E-state index in [0.29, 0.717) is 36.8 Å². The van der Waals surface area contributed by atoms with Gasteiger partial charge in [0.25, 0.3) is 11.8 Å². The van der Waals surface area contributed by atoms with Gasteiger partial charge in [-0.1, -0.05) is 35.9 Å². The number of nitrogens with zero attached hydrogens (tertiary/aromatic N) is 4. The van der Waals surface area contributed by atoms with Crippen LogP contribution in [0.2, 0.25) is 5.02 Å². The summed E-state index contributed by atoms with van der Waals surface area (Å²) >= 11 is 6.25. The van der Waals surface area contributed by atoms with E-state index in [1.807, 2.05) is 39.8 Å². The van der Waals surface area contributed by atoms with Gasteiger partial charge in [0.15, 0.2) is 5.82 Å². The number of rotatable bonds is 5. The van der Waals surface area contributed by atoms with Crippen LogP contribution in [-0.4, -0.2) is 57.7 Å². The predicted octanol–water partition coefficient (Wildman–Crippen LogP) is 4.10. The highest BCUT2D eigenvalue weighted by atomic mass is 35.5. The minimum Gasteiger partial charge on any atom is -0.355 e. The Bertz CT molecular complexity index is 1270. The van der Waals surface area contributed by atoms with Gasteiger partial charge in [-0.2, -0.15) is 0 Å². The Morgan fingerprint density at radius 1 is 1.08 bits per heavy atom. The third-order valence-electron chi connectivity index (χ3n) is 7.56. The summed E-state index contributed by atoms with van der Waals surface area (Å²) in [5.41, 5.74) is 8.63. The molecule has 2 aromatic carbocycles. The van der Waals surface area contributed by atoms with Crippen LogP contribution in [0.4, 0.5) is 0 Å². The van der Waals surface area contributed by atoms with E-state index in [1.54, 1.807) is 19.2 Å². The molecule has 0 radical (unpaired) electrons. The van der Waals surface area contributed by atoms with Crippen molar-refractivity contribution in [3.63, 3.8) is 0 Å². The van der Waals surface area contributed by atoms with E-state index >= 15 is 0 Å². The summed E-state index contributed by atoms with van der Waals surface area (Å²) < 4.78 is 1.86. The fourth-order valence-electron chi connectivity index (χ4n) is 5.51. The van der Waals surface area contributed by atoms with E-state index in [2.05, 4.69) is 21.6 Å². The normalized spacial score (nSPS) is 20.9. The summed E-state index contributed by atoms with van der Waals surface area (Å²) in [5, 5.41) is 11.9. The predicted molar refractivity (Wildman–Crippen MR) is 149 cm³/mol. The van der Waals surface area contributed by atoms with E-state index in [0.717, 1.165) is 36.3 Å². The van der Waals surface area contributed by atoms with Crippen LogP contribution in [0.3, 0.4) is 0 Å². The van der Waals surface area contributed by atoms with Crippen molar-refractivity contribution in [2.24, 2.45) is 5.73 Å².